The lowest BCUT2D eigenvalue weighted by atomic mass is 10.1. The number of para-hydroxylation sites is 1. The minimum absolute atomic E-state index is 0.0599. The van der Waals surface area contributed by atoms with Crippen LogP contribution in [0.5, 0.6) is 5.75 Å². The number of aryl methyl sites for hydroxylation is 1. The Balaban J connectivity index is 1.39. The third kappa shape index (κ3) is 7.22. The smallest absolute Gasteiger partial charge is 0.337 e. The highest BCUT2D eigenvalue weighted by molar-refractivity contribution is 6.38. The molecule has 0 saturated heterocycles. The second-order valence-corrected chi connectivity index (χ2v) is 9.83. The van der Waals surface area contributed by atoms with E-state index in [-0.39, 0.29) is 24.1 Å². The molecule has 0 bridgehead atoms. The number of amides is 2. The molecular formula is C31H27Cl2N3O5. The number of methoxy groups -OCH3 is 1. The van der Waals surface area contributed by atoms with Gasteiger partial charge in [0.2, 0.25) is 11.8 Å². The van der Waals surface area contributed by atoms with E-state index in [2.05, 4.69) is 15.0 Å². The number of likely N-dealkylation sites (N-methyl/N-ethyl adjacent to an activating group) is 1. The average Bonchev–Trinajstić information content (AvgIpc) is 2.98. The quantitative estimate of drug-likeness (QED) is 0.189. The van der Waals surface area contributed by atoms with E-state index in [0.717, 1.165) is 16.6 Å². The maximum absolute atomic E-state index is 12.9. The van der Waals surface area contributed by atoms with Crippen LogP contribution in [-0.2, 0) is 20.9 Å². The number of fused-ring (bicyclic) bond motifs is 1. The highest BCUT2D eigenvalue weighted by Crippen LogP contribution is 2.35. The number of ether oxygens (including phenoxy) is 2. The van der Waals surface area contributed by atoms with Gasteiger partial charge in [-0.1, -0.05) is 53.5 Å². The Labute approximate surface area is 247 Å². The zero-order valence-corrected chi connectivity index (χ0v) is 24.1. The molecule has 0 fully saturated rings. The van der Waals surface area contributed by atoms with Gasteiger partial charge in [0.1, 0.15) is 17.9 Å². The summed E-state index contributed by atoms with van der Waals surface area (Å²) < 4.78 is 10.7. The van der Waals surface area contributed by atoms with Crippen LogP contribution < -0.4 is 15.0 Å². The molecule has 210 valence electrons. The molecule has 1 aromatic heterocycles. The molecule has 4 rings (SSSR count). The van der Waals surface area contributed by atoms with Crippen molar-refractivity contribution in [3.8, 4) is 5.75 Å². The summed E-state index contributed by atoms with van der Waals surface area (Å²) in [6, 6.07) is 19.4. The molecule has 1 N–H and O–H groups in total. The topological polar surface area (TPSA) is 97.8 Å². The molecule has 3 aromatic carbocycles. The molecule has 0 spiro atoms. The molecule has 2 amide bonds. The molecule has 4 aromatic rings. The normalized spacial score (nSPS) is 11.0. The van der Waals surface area contributed by atoms with E-state index < -0.39 is 11.9 Å². The lowest BCUT2D eigenvalue weighted by Crippen LogP contribution is -2.37. The van der Waals surface area contributed by atoms with Gasteiger partial charge in [0, 0.05) is 34.8 Å². The molecule has 0 aliphatic heterocycles. The van der Waals surface area contributed by atoms with Crippen molar-refractivity contribution >= 4 is 63.7 Å². The van der Waals surface area contributed by atoms with Crippen LogP contribution >= 0.6 is 23.2 Å². The summed E-state index contributed by atoms with van der Waals surface area (Å²) in [5, 5.41) is 4.16. The molecule has 8 nitrogen and oxygen atoms in total. The van der Waals surface area contributed by atoms with Gasteiger partial charge in [-0.3, -0.25) is 9.59 Å². The number of rotatable bonds is 9. The van der Waals surface area contributed by atoms with Gasteiger partial charge >= 0.3 is 5.97 Å². The van der Waals surface area contributed by atoms with E-state index in [1.165, 1.54) is 18.1 Å². The van der Waals surface area contributed by atoms with Crippen molar-refractivity contribution in [3.05, 3.63) is 105 Å². The maximum Gasteiger partial charge on any atom is 0.337 e. The number of anilines is 1. The van der Waals surface area contributed by atoms with E-state index in [4.69, 9.17) is 27.9 Å². The van der Waals surface area contributed by atoms with Crippen molar-refractivity contribution in [2.45, 2.75) is 13.5 Å². The molecule has 1 heterocycles. The van der Waals surface area contributed by atoms with Gasteiger partial charge in [-0.2, -0.15) is 0 Å². The lowest BCUT2D eigenvalue weighted by molar-refractivity contribution is -0.122. The Bertz CT molecular complexity index is 1640. The Kier molecular flexibility index (Phi) is 9.60. The number of hydrogen-bond donors (Lipinski definition) is 1. The first-order valence-corrected chi connectivity index (χ1v) is 13.3. The molecule has 41 heavy (non-hydrogen) atoms. The third-order valence-electron chi connectivity index (χ3n) is 6.27. The number of carbonyl (C=O) groups excluding carboxylic acids is 3. The summed E-state index contributed by atoms with van der Waals surface area (Å²) in [5.41, 5.74) is 3.63. The highest BCUT2D eigenvalue weighted by Gasteiger charge is 2.19. The fourth-order valence-electron chi connectivity index (χ4n) is 3.96. The van der Waals surface area contributed by atoms with Crippen molar-refractivity contribution in [1.29, 1.82) is 0 Å². The summed E-state index contributed by atoms with van der Waals surface area (Å²) in [4.78, 5) is 42.6. The predicted molar refractivity (Wildman–Crippen MR) is 161 cm³/mol. The van der Waals surface area contributed by atoms with Crippen LogP contribution in [0.25, 0.3) is 17.0 Å². The van der Waals surface area contributed by atoms with E-state index in [9.17, 15) is 14.4 Å². The molecule has 0 aliphatic rings. The fraction of sp³-hybridized carbons (Fsp3) is 0.161. The third-order valence-corrected chi connectivity index (χ3v) is 7.04. The molecular weight excluding hydrogens is 565 g/mol. The van der Waals surface area contributed by atoms with Gasteiger partial charge in [0.05, 0.1) is 29.9 Å². The number of esters is 1. The van der Waals surface area contributed by atoms with Gasteiger partial charge in [-0.15, -0.1) is 0 Å². The molecule has 0 radical (unpaired) electrons. The highest BCUT2D eigenvalue weighted by atomic mass is 35.5. The van der Waals surface area contributed by atoms with Crippen LogP contribution in [0.2, 0.25) is 10.0 Å². The van der Waals surface area contributed by atoms with Gasteiger partial charge in [0.25, 0.3) is 0 Å². The Hall–Kier alpha value is -4.40. The number of benzene rings is 3. The monoisotopic (exact) mass is 591 g/mol. The van der Waals surface area contributed by atoms with Crippen molar-refractivity contribution in [2.75, 3.05) is 25.6 Å². The van der Waals surface area contributed by atoms with Gasteiger partial charge in [-0.25, -0.2) is 9.78 Å². The lowest BCUT2D eigenvalue weighted by Gasteiger charge is -2.21. The summed E-state index contributed by atoms with van der Waals surface area (Å²) in [7, 11) is 2.86. The molecule has 0 atom stereocenters. The van der Waals surface area contributed by atoms with Gasteiger partial charge in [0.15, 0.2) is 0 Å². The molecule has 0 saturated carbocycles. The Morgan fingerprint density at radius 2 is 1.76 bits per heavy atom. The number of carbonyl (C=O) groups is 3. The number of pyridine rings is 1. The second-order valence-electron chi connectivity index (χ2n) is 9.05. The number of aromatic nitrogens is 1. The first-order valence-electron chi connectivity index (χ1n) is 12.5. The van der Waals surface area contributed by atoms with Crippen LogP contribution in [0, 0.1) is 6.92 Å². The Morgan fingerprint density at radius 3 is 2.49 bits per heavy atom. The number of halogens is 2. The van der Waals surface area contributed by atoms with E-state index in [1.54, 1.807) is 49.5 Å². The van der Waals surface area contributed by atoms with Crippen LogP contribution in [0.1, 0.15) is 27.2 Å². The summed E-state index contributed by atoms with van der Waals surface area (Å²) in [6.45, 7) is 1.71. The first-order chi connectivity index (χ1) is 19.7. The summed E-state index contributed by atoms with van der Waals surface area (Å²) in [6.07, 6.45) is 2.87. The van der Waals surface area contributed by atoms with Crippen LogP contribution in [-0.4, -0.2) is 43.5 Å². The first kappa shape index (κ1) is 29.6. The number of nitrogens with one attached hydrogen (secondary N) is 1. The maximum atomic E-state index is 12.9. The molecule has 0 unspecified atom stereocenters. The largest absolute Gasteiger partial charge is 0.487 e. The number of hydrogen-bond acceptors (Lipinski definition) is 6. The van der Waals surface area contributed by atoms with E-state index in [0.29, 0.717) is 33.1 Å². The van der Waals surface area contributed by atoms with Gasteiger partial charge < -0.3 is 19.7 Å². The predicted octanol–water partition coefficient (Wildman–Crippen LogP) is 6.01. The zero-order valence-electron chi connectivity index (χ0n) is 22.6. The summed E-state index contributed by atoms with van der Waals surface area (Å²) >= 11 is 13.1. The van der Waals surface area contributed by atoms with Gasteiger partial charge in [-0.05, 0) is 55.0 Å². The molecule has 0 aliphatic carbocycles. The SMILES string of the molecule is COC(=O)c1ccc(/C=C/C(=O)NCC(=O)N(C)c2ccc(Cl)c(COc3cccc4ccc(C)nc34)c2Cl)cc1. The fourth-order valence-corrected chi connectivity index (χ4v) is 4.56. The second kappa shape index (κ2) is 13.3. The van der Waals surface area contributed by atoms with Crippen LogP contribution in [0.3, 0.4) is 0 Å². The van der Waals surface area contributed by atoms with Crippen LogP contribution in [0.15, 0.2) is 72.8 Å². The number of nitrogens with zero attached hydrogens (tertiary/aromatic N) is 2. The van der Waals surface area contributed by atoms with Crippen LogP contribution in [0.4, 0.5) is 5.69 Å². The van der Waals surface area contributed by atoms with Crippen molar-refractivity contribution < 1.29 is 23.9 Å². The van der Waals surface area contributed by atoms with E-state index >= 15 is 0 Å². The van der Waals surface area contributed by atoms with Crippen molar-refractivity contribution in [1.82, 2.24) is 10.3 Å². The van der Waals surface area contributed by atoms with E-state index in [1.807, 2.05) is 37.3 Å². The zero-order chi connectivity index (χ0) is 29.5. The summed E-state index contributed by atoms with van der Waals surface area (Å²) in [5.74, 6) is -0.708. The van der Waals surface area contributed by atoms with Crippen molar-refractivity contribution in [2.24, 2.45) is 0 Å². The average molecular weight is 592 g/mol. The minimum Gasteiger partial charge on any atom is -0.487 e. The minimum atomic E-state index is -0.459. The molecule has 10 heteroatoms. The van der Waals surface area contributed by atoms with Crippen molar-refractivity contribution in [3.63, 3.8) is 0 Å². The Morgan fingerprint density at radius 1 is 1.00 bits per heavy atom. The standard InChI is InChI=1S/C31H27Cl2N3O5/c1-19-7-11-21-5-4-6-26(30(21)35-19)41-18-23-24(32)14-15-25(29(23)33)36(2)28(38)17-34-27(37)16-10-20-8-12-22(13-9-20)31(39)40-3/h4-16H,17-18H2,1-3H3,(H,34,37)/b16-10+.